The van der Waals surface area contributed by atoms with Crippen LogP contribution in [-0.4, -0.2) is 20.0 Å². The van der Waals surface area contributed by atoms with Crippen LogP contribution in [0.3, 0.4) is 0 Å². The van der Waals surface area contributed by atoms with Gasteiger partial charge in [0.15, 0.2) is 0 Å². The zero-order valence-corrected chi connectivity index (χ0v) is 11.0. The van der Waals surface area contributed by atoms with Crippen molar-refractivity contribution in [3.63, 3.8) is 0 Å². The van der Waals surface area contributed by atoms with Gasteiger partial charge in [0, 0.05) is 31.4 Å². The van der Waals surface area contributed by atoms with Crippen molar-refractivity contribution in [3.8, 4) is 0 Å². The first-order valence-electron chi connectivity index (χ1n) is 6.40. The quantitative estimate of drug-likeness (QED) is 0.829. The minimum atomic E-state index is 0.128. The lowest BCUT2D eigenvalue weighted by Gasteiger charge is -2.18. The molecule has 3 heteroatoms. The summed E-state index contributed by atoms with van der Waals surface area (Å²) in [6.45, 7) is 0. The van der Waals surface area contributed by atoms with Crippen molar-refractivity contribution in [1.82, 2.24) is 0 Å². The molecule has 1 unspecified atom stereocenters. The molecule has 0 saturated carbocycles. The minimum absolute atomic E-state index is 0.128. The monoisotopic (exact) mass is 244 g/mol. The zero-order valence-electron chi connectivity index (χ0n) is 11.0. The van der Waals surface area contributed by atoms with Crippen LogP contribution in [0.1, 0.15) is 19.3 Å². The molecule has 0 heterocycles. The van der Waals surface area contributed by atoms with Gasteiger partial charge in [-0.05, 0) is 43.5 Å². The lowest BCUT2D eigenvalue weighted by molar-refractivity contribution is -0.120. The number of amides is 1. The van der Waals surface area contributed by atoms with Crippen LogP contribution in [-0.2, 0) is 4.79 Å². The van der Waals surface area contributed by atoms with Gasteiger partial charge in [-0.3, -0.25) is 4.79 Å². The summed E-state index contributed by atoms with van der Waals surface area (Å²) in [5.41, 5.74) is 2.01. The van der Waals surface area contributed by atoms with Crippen molar-refractivity contribution < 1.29 is 4.79 Å². The van der Waals surface area contributed by atoms with Gasteiger partial charge in [-0.15, -0.1) is 0 Å². The van der Waals surface area contributed by atoms with Crippen LogP contribution in [0, 0.1) is 5.92 Å². The van der Waals surface area contributed by atoms with Crippen LogP contribution in [0.4, 0.5) is 11.4 Å². The first-order valence-corrected chi connectivity index (χ1v) is 6.40. The molecule has 1 atom stereocenters. The highest BCUT2D eigenvalue weighted by Gasteiger charge is 2.18. The molecular formula is C15H20N2O. The molecule has 1 N–H and O–H groups in total. The molecule has 0 bridgehead atoms. The van der Waals surface area contributed by atoms with Gasteiger partial charge in [0.1, 0.15) is 0 Å². The number of benzene rings is 1. The van der Waals surface area contributed by atoms with Gasteiger partial charge < -0.3 is 10.2 Å². The summed E-state index contributed by atoms with van der Waals surface area (Å²) in [5.74, 6) is 0.264. The predicted molar refractivity (Wildman–Crippen MR) is 75.9 cm³/mol. The summed E-state index contributed by atoms with van der Waals surface area (Å²) in [7, 11) is 4.00. The van der Waals surface area contributed by atoms with Crippen LogP contribution in [0.25, 0.3) is 0 Å². The minimum Gasteiger partial charge on any atom is -0.378 e. The van der Waals surface area contributed by atoms with E-state index in [0.717, 1.165) is 30.6 Å². The van der Waals surface area contributed by atoms with Gasteiger partial charge in [-0.25, -0.2) is 0 Å². The first-order chi connectivity index (χ1) is 8.66. The van der Waals surface area contributed by atoms with Gasteiger partial charge in [-0.2, -0.15) is 0 Å². The van der Waals surface area contributed by atoms with Crippen molar-refractivity contribution in [2.45, 2.75) is 19.3 Å². The Morgan fingerprint density at radius 3 is 2.50 bits per heavy atom. The van der Waals surface area contributed by atoms with Crippen molar-refractivity contribution in [2.24, 2.45) is 5.92 Å². The second-order valence-corrected chi connectivity index (χ2v) is 4.91. The topological polar surface area (TPSA) is 32.3 Å². The third-order valence-electron chi connectivity index (χ3n) is 3.29. The summed E-state index contributed by atoms with van der Waals surface area (Å²) in [4.78, 5) is 14.1. The molecule has 0 saturated heterocycles. The molecule has 1 aliphatic carbocycles. The number of carbonyl (C=O) groups is 1. The molecule has 1 amide bonds. The Kier molecular flexibility index (Phi) is 4.03. The SMILES string of the molecule is CN(C)c1ccc(NC(=O)C2CC=CCC2)cc1. The number of anilines is 2. The van der Waals surface area contributed by atoms with Gasteiger partial charge in [0.2, 0.25) is 5.91 Å². The van der Waals surface area contributed by atoms with Crippen LogP contribution in [0.2, 0.25) is 0 Å². The molecule has 1 aromatic rings. The Labute approximate surface area is 108 Å². The Bertz CT molecular complexity index is 434. The predicted octanol–water partition coefficient (Wildman–Crippen LogP) is 3.05. The summed E-state index contributed by atoms with van der Waals surface area (Å²) >= 11 is 0. The molecule has 3 nitrogen and oxygen atoms in total. The largest absolute Gasteiger partial charge is 0.378 e. The molecule has 1 aromatic carbocycles. The second-order valence-electron chi connectivity index (χ2n) is 4.91. The number of hydrogen-bond acceptors (Lipinski definition) is 2. The maximum atomic E-state index is 12.0. The average Bonchev–Trinajstić information content (AvgIpc) is 2.40. The van der Waals surface area contributed by atoms with Gasteiger partial charge in [-0.1, -0.05) is 12.2 Å². The van der Waals surface area contributed by atoms with Crippen LogP contribution in [0.5, 0.6) is 0 Å². The van der Waals surface area contributed by atoms with E-state index in [4.69, 9.17) is 0 Å². The number of hydrogen-bond donors (Lipinski definition) is 1. The third-order valence-corrected chi connectivity index (χ3v) is 3.29. The van der Waals surface area contributed by atoms with Crippen LogP contribution >= 0.6 is 0 Å². The summed E-state index contributed by atoms with van der Waals surface area (Å²) in [6.07, 6.45) is 7.08. The molecule has 0 aromatic heterocycles. The highest BCUT2D eigenvalue weighted by molar-refractivity contribution is 5.92. The third kappa shape index (κ3) is 3.13. The number of nitrogens with one attached hydrogen (secondary N) is 1. The molecule has 2 rings (SSSR count). The van der Waals surface area contributed by atoms with Crippen molar-refractivity contribution in [3.05, 3.63) is 36.4 Å². The molecule has 1 aliphatic rings. The van der Waals surface area contributed by atoms with E-state index in [1.165, 1.54) is 0 Å². The molecule has 0 aliphatic heterocycles. The van der Waals surface area contributed by atoms with E-state index in [1.54, 1.807) is 0 Å². The fourth-order valence-corrected chi connectivity index (χ4v) is 2.12. The Morgan fingerprint density at radius 2 is 1.94 bits per heavy atom. The summed E-state index contributed by atoms with van der Waals surface area (Å²) < 4.78 is 0. The lowest BCUT2D eigenvalue weighted by atomic mass is 9.93. The van der Waals surface area contributed by atoms with Crippen LogP contribution in [0.15, 0.2) is 36.4 Å². The van der Waals surface area contributed by atoms with E-state index in [9.17, 15) is 4.79 Å². The van der Waals surface area contributed by atoms with E-state index in [0.29, 0.717) is 0 Å². The van der Waals surface area contributed by atoms with Crippen LogP contribution < -0.4 is 10.2 Å². The number of carbonyl (C=O) groups excluding carboxylic acids is 1. The van der Waals surface area contributed by atoms with E-state index >= 15 is 0 Å². The van der Waals surface area contributed by atoms with E-state index in [-0.39, 0.29) is 11.8 Å². The second kappa shape index (κ2) is 5.71. The van der Waals surface area contributed by atoms with Crippen molar-refractivity contribution in [2.75, 3.05) is 24.3 Å². The fourth-order valence-electron chi connectivity index (χ4n) is 2.12. The first kappa shape index (κ1) is 12.7. The normalized spacial score (nSPS) is 18.4. The number of rotatable bonds is 3. The zero-order chi connectivity index (χ0) is 13.0. The van der Waals surface area contributed by atoms with E-state index in [2.05, 4.69) is 17.5 Å². The molecular weight excluding hydrogens is 224 g/mol. The number of nitrogens with zero attached hydrogens (tertiary/aromatic N) is 1. The highest BCUT2D eigenvalue weighted by Crippen LogP contribution is 2.21. The lowest BCUT2D eigenvalue weighted by Crippen LogP contribution is -2.23. The van der Waals surface area contributed by atoms with Crippen molar-refractivity contribution >= 4 is 17.3 Å². The Balaban J connectivity index is 1.96. The maximum Gasteiger partial charge on any atom is 0.227 e. The Hall–Kier alpha value is -1.77. The van der Waals surface area contributed by atoms with Crippen molar-refractivity contribution in [1.29, 1.82) is 0 Å². The molecule has 96 valence electrons. The number of allylic oxidation sites excluding steroid dienone is 2. The van der Waals surface area contributed by atoms with E-state index < -0.39 is 0 Å². The average molecular weight is 244 g/mol. The summed E-state index contributed by atoms with van der Waals surface area (Å²) in [6, 6.07) is 7.92. The molecule has 0 spiro atoms. The fraction of sp³-hybridized carbons (Fsp3) is 0.400. The van der Waals surface area contributed by atoms with Gasteiger partial charge >= 0.3 is 0 Å². The highest BCUT2D eigenvalue weighted by atomic mass is 16.1. The van der Waals surface area contributed by atoms with Gasteiger partial charge in [0.25, 0.3) is 0 Å². The Morgan fingerprint density at radius 1 is 1.22 bits per heavy atom. The van der Waals surface area contributed by atoms with Gasteiger partial charge in [0.05, 0.1) is 0 Å². The maximum absolute atomic E-state index is 12.0. The molecule has 18 heavy (non-hydrogen) atoms. The van der Waals surface area contributed by atoms with E-state index in [1.807, 2.05) is 43.3 Å². The molecule has 0 fully saturated rings. The summed E-state index contributed by atoms with van der Waals surface area (Å²) in [5, 5.41) is 2.99. The smallest absolute Gasteiger partial charge is 0.227 e. The molecule has 0 radical (unpaired) electrons. The standard InChI is InChI=1S/C15H20N2O/c1-17(2)14-10-8-13(9-11-14)16-15(18)12-6-4-3-5-7-12/h3-4,8-12H,5-7H2,1-2H3,(H,16,18).